The van der Waals surface area contributed by atoms with E-state index in [2.05, 4.69) is 28.3 Å². The second-order valence-corrected chi connectivity index (χ2v) is 7.63. The lowest BCUT2D eigenvalue weighted by atomic mass is 10.1. The minimum absolute atomic E-state index is 0.0138. The van der Waals surface area contributed by atoms with Gasteiger partial charge in [0.25, 0.3) is 0 Å². The summed E-state index contributed by atoms with van der Waals surface area (Å²) in [6.45, 7) is 1.65. The van der Waals surface area contributed by atoms with E-state index in [0.717, 1.165) is 11.4 Å². The summed E-state index contributed by atoms with van der Waals surface area (Å²) in [5.41, 5.74) is 4.71. The first-order chi connectivity index (χ1) is 7.79. The van der Waals surface area contributed by atoms with E-state index in [1.807, 2.05) is 4.57 Å². The maximum Gasteiger partial charge on any atom is 0.228 e. The average molecular weight is 437 g/mol. The van der Waals surface area contributed by atoms with Gasteiger partial charge in [0.15, 0.2) is 0 Å². The number of rotatable bonds is 0. The molecule has 0 saturated carbocycles. The molecule has 3 heterocycles. The van der Waals surface area contributed by atoms with Crippen molar-refractivity contribution >= 4 is 67.5 Å². The number of carbonyl (C=O) groups is 1. The van der Waals surface area contributed by atoms with Crippen LogP contribution in [0.3, 0.4) is 0 Å². The van der Waals surface area contributed by atoms with Gasteiger partial charge in [-0.1, -0.05) is 41.5 Å². The topological polar surface area (TPSA) is 22.0 Å². The molecule has 0 unspecified atom stereocenters. The van der Waals surface area contributed by atoms with Gasteiger partial charge >= 0.3 is 0 Å². The van der Waals surface area contributed by atoms with Crippen molar-refractivity contribution in [1.29, 1.82) is 0 Å². The number of aromatic nitrogens is 1. The standard InChI is InChI=1S/C12H9I2NO/c1-8(16)15-11-6-13-4-2-9(11)10-3-5-14-7-12(10)15/h2-7H,1H3. The molecular weight excluding hydrogens is 428 g/mol. The van der Waals surface area contributed by atoms with Crippen LogP contribution in [0.25, 0.3) is 12.2 Å². The van der Waals surface area contributed by atoms with Crippen molar-refractivity contribution in [3.05, 3.63) is 30.7 Å². The molecule has 0 N–H and O–H groups in total. The molecule has 2 aliphatic heterocycles. The number of halogens is 2. The first-order valence-corrected chi connectivity index (χ1v) is 9.80. The van der Waals surface area contributed by atoms with Crippen LogP contribution in [-0.2, 0) is 0 Å². The van der Waals surface area contributed by atoms with Crippen LogP contribution in [0.1, 0.15) is 34.2 Å². The molecule has 0 radical (unpaired) electrons. The van der Waals surface area contributed by atoms with Gasteiger partial charge in [0.05, 0.1) is 11.4 Å². The van der Waals surface area contributed by atoms with Crippen LogP contribution in [0.5, 0.6) is 0 Å². The summed E-state index contributed by atoms with van der Waals surface area (Å²) in [6, 6.07) is 0. The maximum atomic E-state index is 11.7. The van der Waals surface area contributed by atoms with Gasteiger partial charge in [-0.05, 0) is 28.3 Å². The van der Waals surface area contributed by atoms with E-state index in [9.17, 15) is 4.79 Å². The summed E-state index contributed by atoms with van der Waals surface area (Å²) >= 11 is -0.0277. The molecule has 16 heavy (non-hydrogen) atoms. The zero-order valence-corrected chi connectivity index (χ0v) is 12.9. The third-order valence-corrected chi connectivity index (χ3v) is 6.02. The van der Waals surface area contributed by atoms with Gasteiger partial charge in [0.2, 0.25) is 5.91 Å². The van der Waals surface area contributed by atoms with E-state index < -0.39 is 0 Å². The molecule has 0 atom stereocenters. The molecule has 82 valence electrons. The lowest BCUT2D eigenvalue weighted by Crippen LogP contribution is -2.13. The van der Waals surface area contributed by atoms with Crippen LogP contribution in [0.4, 0.5) is 0 Å². The Morgan fingerprint density at radius 1 is 1.06 bits per heavy atom. The van der Waals surface area contributed by atoms with Gasteiger partial charge in [0.1, 0.15) is 0 Å². The van der Waals surface area contributed by atoms with E-state index in [1.165, 1.54) is 11.1 Å². The van der Waals surface area contributed by atoms with Crippen molar-refractivity contribution in [3.8, 4) is 0 Å². The van der Waals surface area contributed by atoms with Crippen LogP contribution in [0, 0.1) is 0 Å². The van der Waals surface area contributed by atoms with Crippen molar-refractivity contribution in [2.75, 3.05) is 0 Å². The molecule has 2 nitrogen and oxygen atoms in total. The van der Waals surface area contributed by atoms with Crippen LogP contribution in [0.15, 0.2) is 8.17 Å². The van der Waals surface area contributed by atoms with E-state index in [4.69, 9.17) is 0 Å². The van der Waals surface area contributed by atoms with Crippen molar-refractivity contribution in [3.63, 3.8) is 0 Å². The lowest BCUT2D eigenvalue weighted by Gasteiger charge is -2.05. The predicted molar refractivity (Wildman–Crippen MR) is 87.2 cm³/mol. The first-order valence-electron chi connectivity index (χ1n) is 4.82. The monoisotopic (exact) mass is 437 g/mol. The minimum Gasteiger partial charge on any atom is -0.279 e. The molecule has 0 spiro atoms. The molecule has 1 aromatic rings. The average Bonchev–Trinajstić information content (AvgIpc) is 2.63. The van der Waals surface area contributed by atoms with Crippen LogP contribution >= 0.6 is 41.5 Å². The normalized spacial score (nSPS) is 16.1. The van der Waals surface area contributed by atoms with Crippen LogP contribution in [0.2, 0.25) is 0 Å². The summed E-state index contributed by atoms with van der Waals surface area (Å²) in [5.74, 6) is 0.128. The highest BCUT2D eigenvalue weighted by atomic mass is 127. The van der Waals surface area contributed by atoms with E-state index in [0.29, 0.717) is 0 Å². The summed E-state index contributed by atoms with van der Waals surface area (Å²) in [6.07, 6.45) is 4.37. The fraction of sp³-hybridized carbons (Fsp3) is 0.0833. The Bertz CT molecular complexity index is 558. The van der Waals surface area contributed by atoms with E-state index in [-0.39, 0.29) is 47.4 Å². The molecular formula is C12H9I2NO. The number of fused-ring (bicyclic) bond motifs is 3. The quantitative estimate of drug-likeness (QED) is 0.571. The third kappa shape index (κ3) is 1.54. The molecule has 0 aromatic carbocycles. The Morgan fingerprint density at radius 3 is 2.00 bits per heavy atom. The highest BCUT2D eigenvalue weighted by molar-refractivity contribution is 14.2. The molecule has 2 aliphatic rings. The summed E-state index contributed by atoms with van der Waals surface area (Å²) < 4.78 is 10.9. The second-order valence-electron chi connectivity index (χ2n) is 3.51. The summed E-state index contributed by atoms with van der Waals surface area (Å²) in [7, 11) is 0. The fourth-order valence-corrected chi connectivity index (χ4v) is 5.40. The Balaban J connectivity index is 2.42. The Morgan fingerprint density at radius 2 is 1.56 bits per heavy atom. The molecule has 0 amide bonds. The van der Waals surface area contributed by atoms with Gasteiger partial charge < -0.3 is 0 Å². The number of hydrogen-bond donors (Lipinski definition) is 0. The highest BCUT2D eigenvalue weighted by Crippen LogP contribution is 2.32. The van der Waals surface area contributed by atoms with Crippen molar-refractivity contribution in [2.45, 2.75) is 6.92 Å². The molecule has 0 saturated heterocycles. The van der Waals surface area contributed by atoms with Crippen molar-refractivity contribution in [1.82, 2.24) is 4.57 Å². The zero-order valence-electron chi connectivity index (χ0n) is 8.58. The van der Waals surface area contributed by atoms with Crippen molar-refractivity contribution in [2.24, 2.45) is 0 Å². The van der Waals surface area contributed by atoms with Crippen molar-refractivity contribution < 1.29 is 4.79 Å². The number of carbonyl (C=O) groups excluding carboxylic acids is 1. The Labute approximate surface area is 114 Å². The molecule has 4 heteroatoms. The maximum absolute atomic E-state index is 11.7. The molecule has 0 fully saturated rings. The molecule has 1 aromatic heterocycles. The van der Waals surface area contributed by atoms with Gasteiger partial charge in [-0.15, -0.1) is 0 Å². The van der Waals surface area contributed by atoms with E-state index >= 15 is 0 Å². The largest absolute Gasteiger partial charge is 0.279 e. The second kappa shape index (κ2) is 4.14. The first kappa shape index (κ1) is 10.8. The van der Waals surface area contributed by atoms with Gasteiger partial charge in [-0.2, -0.15) is 0 Å². The lowest BCUT2D eigenvalue weighted by molar-refractivity contribution is 0.0936. The molecule has 3 rings (SSSR count). The minimum atomic E-state index is -0.0138. The highest BCUT2D eigenvalue weighted by Gasteiger charge is 2.21. The van der Waals surface area contributed by atoms with Crippen LogP contribution < -0.4 is 0 Å². The van der Waals surface area contributed by atoms with E-state index in [1.54, 1.807) is 6.92 Å². The zero-order chi connectivity index (χ0) is 11.1. The SMILES string of the molecule is CC(=O)n1c2c(c3c1C=IC=C3)C=CI=C2. The number of hydrogen-bond acceptors (Lipinski definition) is 1. The summed E-state index contributed by atoms with van der Waals surface area (Å²) in [5, 5.41) is 0. The fourth-order valence-electron chi connectivity index (χ4n) is 1.94. The molecule has 0 bridgehead atoms. The predicted octanol–water partition coefficient (Wildman–Crippen LogP) is 3.36. The van der Waals surface area contributed by atoms with Gasteiger partial charge in [-0.25, -0.2) is 0 Å². The van der Waals surface area contributed by atoms with Gasteiger partial charge in [0, 0.05) is 18.1 Å². The Hall–Kier alpha value is -0.370. The third-order valence-electron chi connectivity index (χ3n) is 2.58. The molecule has 0 aliphatic carbocycles. The summed E-state index contributed by atoms with van der Waals surface area (Å²) in [4.78, 5) is 11.7. The van der Waals surface area contributed by atoms with Crippen LogP contribution in [-0.4, -0.2) is 18.5 Å². The Kier molecular flexibility index (Phi) is 2.78. The van der Waals surface area contributed by atoms with Gasteiger partial charge in [-0.3, -0.25) is 9.36 Å². The smallest absolute Gasteiger partial charge is 0.228 e. The number of nitrogens with zero attached hydrogens (tertiary/aromatic N) is 1.